The van der Waals surface area contributed by atoms with Crippen LogP contribution in [0.1, 0.15) is 36.2 Å². The predicted molar refractivity (Wildman–Crippen MR) is 79.3 cm³/mol. The zero-order valence-corrected chi connectivity index (χ0v) is 12.3. The molecule has 2 aromatic rings. The van der Waals surface area contributed by atoms with Gasteiger partial charge in [0.05, 0.1) is 12.3 Å². The zero-order chi connectivity index (χ0) is 15.0. The van der Waals surface area contributed by atoms with Crippen LogP contribution in [0.25, 0.3) is 11.3 Å². The third kappa shape index (κ3) is 2.24. The molecule has 0 amide bonds. The van der Waals surface area contributed by atoms with E-state index in [0.29, 0.717) is 24.3 Å². The standard InChI is InChI=1S/C17H18FNO2/c1-3-15(20)12-6-8-19-7-5-11-9-16(21-4-2)14(18)10-13(11)17(12)19/h6,8-10H,3-5,7H2,1-2H3. The number of rotatable bonds is 4. The number of halogens is 1. The molecule has 0 atom stereocenters. The summed E-state index contributed by atoms with van der Waals surface area (Å²) in [5.41, 5.74) is 3.37. The van der Waals surface area contributed by atoms with Crippen molar-refractivity contribution >= 4 is 5.78 Å². The minimum absolute atomic E-state index is 0.0888. The summed E-state index contributed by atoms with van der Waals surface area (Å²) in [5.74, 6) is 0.00524. The van der Waals surface area contributed by atoms with E-state index < -0.39 is 0 Å². The maximum absolute atomic E-state index is 14.2. The Kier molecular flexibility index (Phi) is 3.53. The summed E-state index contributed by atoms with van der Waals surface area (Å²) in [6.45, 7) is 4.92. The number of aryl methyl sites for hydroxylation is 2. The average Bonchev–Trinajstić information content (AvgIpc) is 2.92. The summed E-state index contributed by atoms with van der Waals surface area (Å²) in [6.07, 6.45) is 3.18. The maximum atomic E-state index is 14.2. The monoisotopic (exact) mass is 287 g/mol. The van der Waals surface area contributed by atoms with Gasteiger partial charge in [0.25, 0.3) is 0 Å². The second-order valence-electron chi connectivity index (χ2n) is 5.17. The van der Waals surface area contributed by atoms with Crippen molar-refractivity contribution in [1.29, 1.82) is 0 Å². The first-order valence-electron chi connectivity index (χ1n) is 7.33. The molecule has 3 rings (SSSR count). The third-order valence-corrected chi connectivity index (χ3v) is 3.92. The van der Waals surface area contributed by atoms with Crippen LogP contribution in [0.3, 0.4) is 0 Å². The number of ether oxygens (including phenoxy) is 1. The molecule has 4 heteroatoms. The van der Waals surface area contributed by atoms with Crippen LogP contribution in [0.5, 0.6) is 5.75 Å². The van der Waals surface area contributed by atoms with Crippen molar-refractivity contribution in [2.24, 2.45) is 0 Å². The Morgan fingerprint density at radius 3 is 2.90 bits per heavy atom. The van der Waals surface area contributed by atoms with Gasteiger partial charge in [-0.1, -0.05) is 6.92 Å². The summed E-state index contributed by atoms with van der Waals surface area (Å²) >= 11 is 0. The lowest BCUT2D eigenvalue weighted by atomic mass is 9.94. The fourth-order valence-corrected chi connectivity index (χ4v) is 2.90. The molecule has 0 fully saturated rings. The van der Waals surface area contributed by atoms with E-state index in [1.807, 2.05) is 30.7 Å². The molecule has 0 radical (unpaired) electrons. The van der Waals surface area contributed by atoms with Crippen molar-refractivity contribution in [3.05, 3.63) is 41.3 Å². The minimum Gasteiger partial charge on any atom is -0.491 e. The normalized spacial score (nSPS) is 12.7. The molecule has 21 heavy (non-hydrogen) atoms. The number of fused-ring (bicyclic) bond motifs is 3. The van der Waals surface area contributed by atoms with E-state index >= 15 is 0 Å². The largest absolute Gasteiger partial charge is 0.491 e. The van der Waals surface area contributed by atoms with Crippen molar-refractivity contribution < 1.29 is 13.9 Å². The van der Waals surface area contributed by atoms with Gasteiger partial charge < -0.3 is 9.30 Å². The fourth-order valence-electron chi connectivity index (χ4n) is 2.90. The van der Waals surface area contributed by atoms with Crippen molar-refractivity contribution in [1.82, 2.24) is 4.57 Å². The Balaban J connectivity index is 2.16. The smallest absolute Gasteiger partial charge is 0.165 e. The summed E-state index contributed by atoms with van der Waals surface area (Å²) in [7, 11) is 0. The molecule has 0 unspecified atom stereocenters. The van der Waals surface area contributed by atoms with Crippen LogP contribution < -0.4 is 4.74 Å². The van der Waals surface area contributed by atoms with Gasteiger partial charge in [-0.05, 0) is 37.1 Å². The molecular formula is C17H18FNO2. The van der Waals surface area contributed by atoms with Gasteiger partial charge in [0, 0.05) is 30.3 Å². The first kappa shape index (κ1) is 13.9. The molecule has 1 aromatic heterocycles. The molecule has 0 aliphatic carbocycles. The van der Waals surface area contributed by atoms with Crippen LogP contribution in [0.4, 0.5) is 4.39 Å². The molecule has 110 valence electrons. The molecule has 0 bridgehead atoms. The Labute approximate surface area is 123 Å². The highest BCUT2D eigenvalue weighted by Gasteiger charge is 2.24. The quantitative estimate of drug-likeness (QED) is 0.800. The lowest BCUT2D eigenvalue weighted by Crippen LogP contribution is -2.13. The van der Waals surface area contributed by atoms with Crippen molar-refractivity contribution in [3.63, 3.8) is 0 Å². The van der Waals surface area contributed by atoms with Crippen LogP contribution in [-0.4, -0.2) is 17.0 Å². The molecule has 0 saturated carbocycles. The van der Waals surface area contributed by atoms with Gasteiger partial charge in [-0.15, -0.1) is 0 Å². The van der Waals surface area contributed by atoms with E-state index in [4.69, 9.17) is 4.74 Å². The summed E-state index contributed by atoms with van der Waals surface area (Å²) in [6, 6.07) is 5.10. The van der Waals surface area contributed by atoms with Gasteiger partial charge in [-0.2, -0.15) is 0 Å². The Bertz CT molecular complexity index is 703. The minimum atomic E-state index is -0.375. The number of carbonyl (C=O) groups is 1. The molecule has 2 heterocycles. The topological polar surface area (TPSA) is 31.2 Å². The van der Waals surface area contributed by atoms with Crippen molar-refractivity contribution in [3.8, 4) is 17.0 Å². The van der Waals surface area contributed by atoms with Gasteiger partial charge >= 0.3 is 0 Å². The first-order chi connectivity index (χ1) is 10.2. The highest BCUT2D eigenvalue weighted by Crippen LogP contribution is 2.36. The number of hydrogen-bond donors (Lipinski definition) is 0. The molecule has 1 aliphatic rings. The zero-order valence-electron chi connectivity index (χ0n) is 12.3. The van der Waals surface area contributed by atoms with Gasteiger partial charge in [0.15, 0.2) is 17.3 Å². The summed E-state index contributed by atoms with van der Waals surface area (Å²) < 4.78 is 21.5. The third-order valence-electron chi connectivity index (χ3n) is 3.92. The Hall–Kier alpha value is -2.10. The molecule has 1 aromatic carbocycles. The maximum Gasteiger partial charge on any atom is 0.165 e. The number of aromatic nitrogens is 1. The second-order valence-corrected chi connectivity index (χ2v) is 5.17. The summed E-state index contributed by atoms with van der Waals surface area (Å²) in [5, 5.41) is 0. The number of Topliss-reactive ketones (excluding diaryl/α,β-unsaturated/α-hetero) is 1. The number of hydrogen-bond acceptors (Lipinski definition) is 2. The van der Waals surface area contributed by atoms with E-state index in [1.54, 1.807) is 6.07 Å². The van der Waals surface area contributed by atoms with E-state index in [1.165, 1.54) is 6.07 Å². The SMILES string of the molecule is CCOc1cc2c(cc1F)-c1c(C(=O)CC)ccn1CC2. The number of ketones is 1. The van der Waals surface area contributed by atoms with Crippen molar-refractivity contribution in [2.75, 3.05) is 6.61 Å². The molecule has 0 spiro atoms. The molecular weight excluding hydrogens is 269 g/mol. The van der Waals surface area contributed by atoms with Gasteiger partial charge in [-0.3, -0.25) is 4.79 Å². The molecule has 0 N–H and O–H groups in total. The number of nitrogens with zero attached hydrogens (tertiary/aromatic N) is 1. The van der Waals surface area contributed by atoms with E-state index in [2.05, 4.69) is 0 Å². The fraction of sp³-hybridized carbons (Fsp3) is 0.353. The van der Waals surface area contributed by atoms with Crippen LogP contribution in [0, 0.1) is 5.82 Å². The Morgan fingerprint density at radius 2 is 2.19 bits per heavy atom. The van der Waals surface area contributed by atoms with Gasteiger partial charge in [-0.25, -0.2) is 4.39 Å². The molecule has 1 aliphatic heterocycles. The molecule has 0 saturated heterocycles. The predicted octanol–water partition coefficient (Wildman–Crippen LogP) is 3.84. The van der Waals surface area contributed by atoms with Crippen LogP contribution in [0.15, 0.2) is 24.4 Å². The van der Waals surface area contributed by atoms with Gasteiger partial charge in [0.1, 0.15) is 0 Å². The van der Waals surface area contributed by atoms with E-state index in [9.17, 15) is 9.18 Å². The lowest BCUT2D eigenvalue weighted by Gasteiger charge is -2.21. The van der Waals surface area contributed by atoms with Crippen LogP contribution >= 0.6 is 0 Å². The molecule has 3 nitrogen and oxygen atoms in total. The van der Waals surface area contributed by atoms with Gasteiger partial charge in [0.2, 0.25) is 0 Å². The number of benzene rings is 1. The van der Waals surface area contributed by atoms with Crippen molar-refractivity contribution in [2.45, 2.75) is 33.2 Å². The second kappa shape index (κ2) is 5.35. The Morgan fingerprint density at radius 1 is 1.38 bits per heavy atom. The summed E-state index contributed by atoms with van der Waals surface area (Å²) in [4.78, 5) is 12.1. The lowest BCUT2D eigenvalue weighted by molar-refractivity contribution is 0.0988. The highest BCUT2D eigenvalue weighted by atomic mass is 19.1. The van der Waals surface area contributed by atoms with E-state index in [-0.39, 0.29) is 11.6 Å². The van der Waals surface area contributed by atoms with E-state index in [0.717, 1.165) is 29.8 Å². The first-order valence-corrected chi connectivity index (χ1v) is 7.33. The number of carbonyl (C=O) groups excluding carboxylic acids is 1. The van der Waals surface area contributed by atoms with Crippen LogP contribution in [0.2, 0.25) is 0 Å². The average molecular weight is 287 g/mol. The highest BCUT2D eigenvalue weighted by molar-refractivity contribution is 6.02. The van der Waals surface area contributed by atoms with Crippen LogP contribution in [-0.2, 0) is 13.0 Å².